The van der Waals surface area contributed by atoms with Gasteiger partial charge < -0.3 is 19.7 Å². The summed E-state index contributed by atoms with van der Waals surface area (Å²) < 4.78 is 8.21. The second-order valence-corrected chi connectivity index (χ2v) is 8.61. The number of imidazole rings is 1. The predicted octanol–water partition coefficient (Wildman–Crippen LogP) is 2.97. The molecular weight excluding hydrogens is 488 g/mol. The molecule has 10 heteroatoms. The third-order valence-electron chi connectivity index (χ3n) is 6.05. The molecule has 3 N–H and O–H groups in total. The summed E-state index contributed by atoms with van der Waals surface area (Å²) in [4.78, 5) is 45.2. The lowest BCUT2D eigenvalue weighted by Crippen LogP contribution is -2.30. The topological polar surface area (TPSA) is 140 Å². The van der Waals surface area contributed by atoms with E-state index in [1.54, 1.807) is 6.08 Å². The number of fused-ring (bicyclic) bond motifs is 1. The fourth-order valence-corrected chi connectivity index (χ4v) is 4.00. The molecule has 38 heavy (non-hydrogen) atoms. The van der Waals surface area contributed by atoms with Crippen LogP contribution in [0.15, 0.2) is 54.6 Å². The third-order valence-corrected chi connectivity index (χ3v) is 6.05. The molecule has 0 bridgehead atoms. The Balaban J connectivity index is 0.000000305. The monoisotopic (exact) mass is 518 g/mol. The Labute approximate surface area is 220 Å². The number of hydrogen-bond acceptors (Lipinski definition) is 6. The highest BCUT2D eigenvalue weighted by Crippen LogP contribution is 2.27. The number of nitrogens with zero attached hydrogens (tertiary/aromatic N) is 2. The molecular formula is C28H30N4O6. The number of imide groups is 1. The molecule has 1 aromatic heterocycles. The van der Waals surface area contributed by atoms with Gasteiger partial charge in [-0.25, -0.2) is 4.98 Å². The van der Waals surface area contributed by atoms with E-state index in [0.717, 1.165) is 34.9 Å². The number of aryl methyl sites for hydroxylation is 2. The Morgan fingerprint density at radius 3 is 2.32 bits per heavy atom. The number of ether oxygens (including phenoxy) is 1. The molecule has 0 atom stereocenters. The first-order chi connectivity index (χ1) is 18.2. The normalized spacial score (nSPS) is 13.3. The molecule has 10 nitrogen and oxygen atoms in total. The second kappa shape index (κ2) is 13.0. The maximum Gasteiger partial charge on any atom is 0.290 e. The van der Waals surface area contributed by atoms with Gasteiger partial charge in [0, 0.05) is 36.3 Å². The molecule has 0 fully saturated rings. The first-order valence-electron chi connectivity index (χ1n) is 11.9. The van der Waals surface area contributed by atoms with E-state index in [0.29, 0.717) is 25.1 Å². The van der Waals surface area contributed by atoms with Crippen LogP contribution in [0.1, 0.15) is 50.7 Å². The van der Waals surface area contributed by atoms with Crippen LogP contribution in [0, 0.1) is 20.8 Å². The van der Waals surface area contributed by atoms with Crippen molar-refractivity contribution in [3.63, 3.8) is 0 Å². The average Bonchev–Trinajstić information content (AvgIpc) is 3.38. The molecule has 0 radical (unpaired) electrons. The average molecular weight is 519 g/mol. The van der Waals surface area contributed by atoms with E-state index < -0.39 is 0 Å². The van der Waals surface area contributed by atoms with Crippen LogP contribution < -0.4 is 15.4 Å². The molecule has 0 saturated carbocycles. The van der Waals surface area contributed by atoms with Gasteiger partial charge in [0.05, 0.1) is 5.69 Å². The van der Waals surface area contributed by atoms with Gasteiger partial charge in [0.1, 0.15) is 18.2 Å². The van der Waals surface area contributed by atoms with Crippen LogP contribution in [0.2, 0.25) is 0 Å². The van der Waals surface area contributed by atoms with Gasteiger partial charge in [-0.15, -0.1) is 0 Å². The lowest BCUT2D eigenvalue weighted by molar-refractivity contribution is -0.128. The van der Waals surface area contributed by atoms with Gasteiger partial charge in [0.2, 0.25) is 11.8 Å². The highest BCUT2D eigenvalue weighted by atomic mass is 16.5. The van der Waals surface area contributed by atoms with E-state index in [2.05, 4.69) is 51.4 Å². The maximum atomic E-state index is 11.8. The zero-order chi connectivity index (χ0) is 27.7. The molecule has 3 heterocycles. The molecule has 2 aromatic carbocycles. The van der Waals surface area contributed by atoms with Crippen molar-refractivity contribution in [2.75, 3.05) is 0 Å². The molecule has 3 amide bonds. The van der Waals surface area contributed by atoms with Crippen molar-refractivity contribution in [2.24, 2.45) is 0 Å². The van der Waals surface area contributed by atoms with Crippen molar-refractivity contribution in [3.8, 4) is 5.75 Å². The number of hydrogen-bond donors (Lipinski definition) is 3. The highest BCUT2D eigenvalue weighted by Gasteiger charge is 2.22. The number of aromatic nitrogens is 2. The summed E-state index contributed by atoms with van der Waals surface area (Å²) in [7, 11) is 0. The molecule has 2 aliphatic rings. The summed E-state index contributed by atoms with van der Waals surface area (Å²) in [6, 6.07) is 14.1. The molecule has 0 spiro atoms. The van der Waals surface area contributed by atoms with E-state index in [4.69, 9.17) is 14.6 Å². The summed E-state index contributed by atoms with van der Waals surface area (Å²) in [5.41, 5.74) is 6.29. The molecule has 0 unspecified atom stereocenters. The molecule has 198 valence electrons. The van der Waals surface area contributed by atoms with E-state index in [9.17, 15) is 14.4 Å². The Morgan fingerprint density at radius 1 is 1.05 bits per heavy atom. The number of carboxylic acid groups (broad SMARTS) is 1. The molecule has 0 saturated heterocycles. The SMILES string of the molecule is Cc1nc(C)n(Cc2ccc(COc3cccc4c3CNC4=O)cc2)c1C.O=C1C=CCC(=O)N1.O=CO. The zero-order valence-corrected chi connectivity index (χ0v) is 21.5. The summed E-state index contributed by atoms with van der Waals surface area (Å²) in [5, 5.41) is 11.8. The van der Waals surface area contributed by atoms with E-state index in [1.165, 1.54) is 17.3 Å². The molecule has 0 aliphatic carbocycles. The maximum absolute atomic E-state index is 11.8. The van der Waals surface area contributed by atoms with E-state index in [-0.39, 0.29) is 24.2 Å². The van der Waals surface area contributed by atoms with Crippen LogP contribution in [0.3, 0.4) is 0 Å². The first-order valence-corrected chi connectivity index (χ1v) is 11.9. The van der Waals surface area contributed by atoms with Crippen molar-refractivity contribution in [2.45, 2.75) is 46.9 Å². The van der Waals surface area contributed by atoms with E-state index >= 15 is 0 Å². The van der Waals surface area contributed by atoms with Gasteiger partial charge in [0.25, 0.3) is 12.4 Å². The lowest BCUT2D eigenvalue weighted by atomic mass is 10.1. The number of carbonyl (C=O) groups excluding carboxylic acids is 3. The predicted molar refractivity (Wildman–Crippen MR) is 140 cm³/mol. The Kier molecular flexibility index (Phi) is 9.53. The van der Waals surface area contributed by atoms with Crippen LogP contribution in [0.4, 0.5) is 0 Å². The summed E-state index contributed by atoms with van der Waals surface area (Å²) >= 11 is 0. The van der Waals surface area contributed by atoms with Crippen molar-refractivity contribution < 1.29 is 29.0 Å². The minimum absolute atomic E-state index is 0.0277. The van der Waals surface area contributed by atoms with Gasteiger partial charge in [-0.2, -0.15) is 0 Å². The van der Waals surface area contributed by atoms with Gasteiger partial charge in [0.15, 0.2) is 0 Å². The largest absolute Gasteiger partial charge is 0.489 e. The van der Waals surface area contributed by atoms with Crippen molar-refractivity contribution >= 4 is 24.2 Å². The van der Waals surface area contributed by atoms with Crippen LogP contribution in [-0.4, -0.2) is 38.9 Å². The standard InChI is InChI=1S/C22H23N3O2.C5H5NO2.CH2O2/c1-14-15(2)25(16(3)24-14)12-17-7-9-18(10-8-17)13-27-21-6-4-5-19-20(21)11-23-22(19)26;7-4-2-1-3-5(8)6-4;2-1-3/h4-10H,11-13H2,1-3H3,(H,23,26);1-2H,3H2,(H,6,7,8);1H,(H,2,3). The van der Waals surface area contributed by atoms with Gasteiger partial charge >= 0.3 is 0 Å². The molecule has 5 rings (SSSR count). The Morgan fingerprint density at radius 2 is 1.74 bits per heavy atom. The van der Waals surface area contributed by atoms with Gasteiger partial charge in [-0.05, 0) is 50.1 Å². The van der Waals surface area contributed by atoms with Crippen molar-refractivity contribution in [1.29, 1.82) is 0 Å². The Hall–Kier alpha value is -4.73. The summed E-state index contributed by atoms with van der Waals surface area (Å²) in [6.45, 7) is 7.78. The minimum Gasteiger partial charge on any atom is -0.489 e. The van der Waals surface area contributed by atoms with Crippen molar-refractivity contribution in [3.05, 3.63) is 94.1 Å². The number of carbonyl (C=O) groups is 4. The fraction of sp³-hybridized carbons (Fsp3) is 0.250. The zero-order valence-electron chi connectivity index (χ0n) is 21.5. The minimum atomic E-state index is -0.318. The number of rotatable bonds is 5. The summed E-state index contributed by atoms with van der Waals surface area (Å²) in [5.74, 6) is 1.24. The van der Waals surface area contributed by atoms with Crippen molar-refractivity contribution in [1.82, 2.24) is 20.2 Å². The van der Waals surface area contributed by atoms with Crippen LogP contribution in [0.25, 0.3) is 0 Å². The highest BCUT2D eigenvalue weighted by molar-refractivity contribution is 6.04. The number of amides is 3. The number of benzene rings is 2. The smallest absolute Gasteiger partial charge is 0.290 e. The molecule has 2 aliphatic heterocycles. The van der Waals surface area contributed by atoms with Crippen LogP contribution >= 0.6 is 0 Å². The van der Waals surface area contributed by atoms with Crippen LogP contribution in [0.5, 0.6) is 5.75 Å². The van der Waals surface area contributed by atoms with Gasteiger partial charge in [-0.3, -0.25) is 24.5 Å². The molecule has 3 aromatic rings. The number of nitrogens with one attached hydrogen (secondary N) is 2. The third kappa shape index (κ3) is 7.16. The fourth-order valence-electron chi connectivity index (χ4n) is 4.00. The summed E-state index contributed by atoms with van der Waals surface area (Å²) in [6.07, 6.45) is 3.22. The van der Waals surface area contributed by atoms with Gasteiger partial charge in [-0.1, -0.05) is 36.4 Å². The lowest BCUT2D eigenvalue weighted by Gasteiger charge is -2.11. The van der Waals surface area contributed by atoms with Crippen LogP contribution in [-0.2, 0) is 34.1 Å². The Bertz CT molecular complexity index is 1360. The second-order valence-electron chi connectivity index (χ2n) is 8.61. The quantitative estimate of drug-likeness (QED) is 0.348. The first kappa shape index (κ1) is 27.9. The van der Waals surface area contributed by atoms with E-state index in [1.807, 2.05) is 32.0 Å².